The molecule has 31 heavy (non-hydrogen) atoms. The van der Waals surface area contributed by atoms with Gasteiger partial charge in [0.1, 0.15) is 5.60 Å². The van der Waals surface area contributed by atoms with E-state index in [0.717, 1.165) is 36.5 Å². The Balaban J connectivity index is 1.62. The molecule has 168 valence electrons. The van der Waals surface area contributed by atoms with Gasteiger partial charge in [-0.05, 0) is 90.6 Å². The number of amides is 2. The Morgan fingerprint density at radius 2 is 1.87 bits per heavy atom. The lowest BCUT2D eigenvalue weighted by molar-refractivity contribution is 0.0460. The SMILES string of the molecule is Cc1cc(C)n(-c2ccc(C(=O)N3CCCC(C(C)NC(=O)OC(C)(C)C)C3)cc2)n1. The van der Waals surface area contributed by atoms with Crippen molar-refractivity contribution in [2.24, 2.45) is 5.92 Å². The summed E-state index contributed by atoms with van der Waals surface area (Å²) in [5, 5.41) is 7.43. The number of nitrogens with zero attached hydrogens (tertiary/aromatic N) is 3. The van der Waals surface area contributed by atoms with Gasteiger partial charge in [-0.15, -0.1) is 0 Å². The number of rotatable bonds is 4. The highest BCUT2D eigenvalue weighted by Gasteiger charge is 2.29. The predicted octanol–water partition coefficient (Wildman–Crippen LogP) is 4.25. The van der Waals surface area contributed by atoms with E-state index in [1.807, 2.05) is 81.5 Å². The zero-order valence-electron chi connectivity index (χ0n) is 19.4. The summed E-state index contributed by atoms with van der Waals surface area (Å²) < 4.78 is 7.24. The lowest BCUT2D eigenvalue weighted by Gasteiger charge is -2.36. The minimum atomic E-state index is -0.530. The molecular weight excluding hydrogens is 392 g/mol. The number of nitrogens with one attached hydrogen (secondary N) is 1. The monoisotopic (exact) mass is 426 g/mol. The highest BCUT2D eigenvalue weighted by Crippen LogP contribution is 2.22. The summed E-state index contributed by atoms with van der Waals surface area (Å²) in [5.41, 5.74) is 3.10. The Morgan fingerprint density at radius 3 is 2.45 bits per heavy atom. The molecule has 0 bridgehead atoms. The van der Waals surface area contributed by atoms with E-state index in [2.05, 4.69) is 10.4 Å². The lowest BCUT2D eigenvalue weighted by Crippen LogP contribution is -2.48. The molecule has 0 radical (unpaired) electrons. The molecule has 0 aliphatic carbocycles. The standard InChI is InChI=1S/C24H34N4O3/c1-16-14-17(2)28(26-16)21-11-9-19(10-12-21)22(29)27-13-7-8-20(15-27)18(3)25-23(30)31-24(4,5)6/h9-12,14,18,20H,7-8,13,15H2,1-6H3,(H,25,30). The summed E-state index contributed by atoms with van der Waals surface area (Å²) >= 11 is 0. The number of likely N-dealkylation sites (tertiary alicyclic amines) is 1. The minimum Gasteiger partial charge on any atom is -0.444 e. The highest BCUT2D eigenvalue weighted by atomic mass is 16.6. The zero-order valence-corrected chi connectivity index (χ0v) is 19.4. The topological polar surface area (TPSA) is 76.5 Å². The summed E-state index contributed by atoms with van der Waals surface area (Å²) in [5.74, 6) is 0.216. The molecule has 2 heterocycles. The molecule has 0 spiro atoms. The summed E-state index contributed by atoms with van der Waals surface area (Å²) in [7, 11) is 0. The van der Waals surface area contributed by atoms with Gasteiger partial charge in [0.25, 0.3) is 5.91 Å². The van der Waals surface area contributed by atoms with Gasteiger partial charge >= 0.3 is 6.09 Å². The number of aromatic nitrogens is 2. The molecule has 1 N–H and O–H groups in total. The molecule has 7 nitrogen and oxygen atoms in total. The molecule has 2 atom stereocenters. The van der Waals surface area contributed by atoms with E-state index >= 15 is 0 Å². The van der Waals surface area contributed by atoms with Crippen molar-refractivity contribution < 1.29 is 14.3 Å². The third-order valence-electron chi connectivity index (χ3n) is 5.56. The molecule has 2 amide bonds. The highest BCUT2D eigenvalue weighted by molar-refractivity contribution is 5.94. The van der Waals surface area contributed by atoms with Gasteiger partial charge in [0.2, 0.25) is 0 Å². The zero-order chi connectivity index (χ0) is 22.8. The number of aryl methyl sites for hydroxylation is 2. The Bertz CT molecular complexity index is 927. The molecule has 2 aromatic rings. The number of alkyl carbamates (subject to hydrolysis) is 1. The fraction of sp³-hybridized carbons (Fsp3) is 0.542. The number of carbonyl (C=O) groups excluding carboxylic acids is 2. The summed E-state index contributed by atoms with van der Waals surface area (Å²) in [6, 6.07) is 9.54. The van der Waals surface area contributed by atoms with E-state index < -0.39 is 11.7 Å². The van der Waals surface area contributed by atoms with Crippen molar-refractivity contribution in [1.82, 2.24) is 20.0 Å². The van der Waals surface area contributed by atoms with Crippen LogP contribution in [0.3, 0.4) is 0 Å². The third kappa shape index (κ3) is 5.87. The van der Waals surface area contributed by atoms with Crippen molar-refractivity contribution in [2.45, 2.75) is 66.0 Å². The Kier molecular flexibility index (Phi) is 6.72. The van der Waals surface area contributed by atoms with Gasteiger partial charge < -0.3 is 15.0 Å². The maximum atomic E-state index is 13.1. The molecule has 1 aromatic heterocycles. The molecule has 1 aliphatic rings. The third-order valence-corrected chi connectivity index (χ3v) is 5.56. The van der Waals surface area contributed by atoms with E-state index in [-0.39, 0.29) is 17.9 Å². The van der Waals surface area contributed by atoms with Gasteiger partial charge in [-0.2, -0.15) is 5.10 Å². The van der Waals surface area contributed by atoms with Gasteiger partial charge in [-0.3, -0.25) is 4.79 Å². The normalized spacial score (nSPS) is 17.9. The van der Waals surface area contributed by atoms with Crippen molar-refractivity contribution in [3.8, 4) is 5.69 Å². The summed E-state index contributed by atoms with van der Waals surface area (Å²) in [6.45, 7) is 12.8. The van der Waals surface area contributed by atoms with Crippen molar-refractivity contribution in [1.29, 1.82) is 0 Å². The molecule has 1 saturated heterocycles. The van der Waals surface area contributed by atoms with E-state index in [9.17, 15) is 9.59 Å². The molecule has 0 saturated carbocycles. The smallest absolute Gasteiger partial charge is 0.407 e. The minimum absolute atomic E-state index is 0.0223. The molecule has 3 rings (SSSR count). The van der Waals surface area contributed by atoms with Crippen LogP contribution in [0.1, 0.15) is 62.3 Å². The lowest BCUT2D eigenvalue weighted by atomic mass is 9.91. The molecular formula is C24H34N4O3. The Hall–Kier alpha value is -2.83. The first-order valence-corrected chi connectivity index (χ1v) is 11.0. The molecule has 2 unspecified atom stereocenters. The van der Waals surface area contributed by atoms with Gasteiger partial charge in [-0.1, -0.05) is 0 Å². The average Bonchev–Trinajstić information content (AvgIpc) is 3.04. The van der Waals surface area contributed by atoms with Gasteiger partial charge in [0.05, 0.1) is 11.4 Å². The van der Waals surface area contributed by atoms with Crippen LogP contribution in [0.5, 0.6) is 0 Å². The maximum Gasteiger partial charge on any atom is 0.407 e. The second-order valence-electron chi connectivity index (χ2n) is 9.47. The average molecular weight is 427 g/mol. The van der Waals surface area contributed by atoms with Crippen LogP contribution in [-0.4, -0.2) is 51.4 Å². The van der Waals surface area contributed by atoms with Crippen LogP contribution < -0.4 is 5.32 Å². The van der Waals surface area contributed by atoms with Gasteiger partial charge in [-0.25, -0.2) is 9.48 Å². The molecule has 1 aromatic carbocycles. The number of piperidine rings is 1. The Morgan fingerprint density at radius 1 is 1.19 bits per heavy atom. The second-order valence-corrected chi connectivity index (χ2v) is 9.47. The molecule has 1 fully saturated rings. The fourth-order valence-corrected chi connectivity index (χ4v) is 4.03. The van der Waals surface area contributed by atoms with Crippen LogP contribution in [-0.2, 0) is 4.74 Å². The summed E-state index contributed by atoms with van der Waals surface area (Å²) in [4.78, 5) is 27.1. The van der Waals surface area contributed by atoms with Crippen LogP contribution in [0, 0.1) is 19.8 Å². The number of carbonyl (C=O) groups is 2. The van der Waals surface area contributed by atoms with E-state index in [1.165, 1.54) is 0 Å². The number of hydrogen-bond donors (Lipinski definition) is 1. The second kappa shape index (κ2) is 9.12. The van der Waals surface area contributed by atoms with Crippen molar-refractivity contribution in [3.05, 3.63) is 47.3 Å². The fourth-order valence-electron chi connectivity index (χ4n) is 4.03. The van der Waals surface area contributed by atoms with Crippen LogP contribution >= 0.6 is 0 Å². The van der Waals surface area contributed by atoms with Crippen molar-refractivity contribution in [3.63, 3.8) is 0 Å². The summed E-state index contributed by atoms with van der Waals surface area (Å²) in [6.07, 6.45) is 1.47. The van der Waals surface area contributed by atoms with E-state index in [4.69, 9.17) is 4.74 Å². The van der Waals surface area contributed by atoms with E-state index in [1.54, 1.807) is 0 Å². The number of benzene rings is 1. The number of hydrogen-bond acceptors (Lipinski definition) is 4. The first kappa shape index (κ1) is 22.8. The van der Waals surface area contributed by atoms with Crippen molar-refractivity contribution in [2.75, 3.05) is 13.1 Å². The maximum absolute atomic E-state index is 13.1. The molecule has 7 heteroatoms. The first-order chi connectivity index (χ1) is 14.5. The largest absolute Gasteiger partial charge is 0.444 e. The first-order valence-electron chi connectivity index (χ1n) is 11.0. The van der Waals surface area contributed by atoms with Crippen LogP contribution in [0.4, 0.5) is 4.79 Å². The molecule has 1 aliphatic heterocycles. The quantitative estimate of drug-likeness (QED) is 0.793. The number of ether oxygens (including phenoxy) is 1. The predicted molar refractivity (Wildman–Crippen MR) is 120 cm³/mol. The van der Waals surface area contributed by atoms with Crippen LogP contribution in [0.25, 0.3) is 5.69 Å². The van der Waals surface area contributed by atoms with Gasteiger partial charge in [0, 0.05) is 30.4 Å². The van der Waals surface area contributed by atoms with Gasteiger partial charge in [0.15, 0.2) is 0 Å². The van der Waals surface area contributed by atoms with Crippen LogP contribution in [0.2, 0.25) is 0 Å². The Labute approximate surface area is 184 Å². The van der Waals surface area contributed by atoms with Crippen molar-refractivity contribution >= 4 is 12.0 Å². The van der Waals surface area contributed by atoms with Crippen LogP contribution in [0.15, 0.2) is 30.3 Å². The van der Waals surface area contributed by atoms with E-state index in [0.29, 0.717) is 12.1 Å².